The van der Waals surface area contributed by atoms with Crippen molar-refractivity contribution in [1.82, 2.24) is 14.1 Å². The van der Waals surface area contributed by atoms with Gasteiger partial charge in [-0.2, -0.15) is 0 Å². The van der Waals surface area contributed by atoms with E-state index >= 15 is 0 Å². The van der Waals surface area contributed by atoms with Crippen LogP contribution >= 0.6 is 0 Å². The van der Waals surface area contributed by atoms with Gasteiger partial charge < -0.3 is 9.30 Å². The summed E-state index contributed by atoms with van der Waals surface area (Å²) < 4.78 is 10.9. The van der Waals surface area contributed by atoms with Gasteiger partial charge in [-0.05, 0) is 108 Å². The monoisotopic (exact) mass is 681 g/mol. The molecule has 0 saturated carbocycles. The maximum Gasteiger partial charge on any atom is 0.145 e. The molecule has 0 N–H and O–H groups in total. The zero-order chi connectivity index (χ0) is 35.1. The molecule has 2 aromatic heterocycles. The van der Waals surface area contributed by atoms with E-state index in [2.05, 4.69) is 185 Å². The first-order valence-corrected chi connectivity index (χ1v) is 18.2. The molecular formula is C49H35N3O. The van der Waals surface area contributed by atoms with Crippen LogP contribution in [0.25, 0.3) is 66.7 Å². The Morgan fingerprint density at radius 1 is 0.396 bits per heavy atom. The average molecular weight is 682 g/mol. The standard InChI is InChI=1S/C49H35N3O/c1-2-10-39(11-3-1)52-48-17-9-6-14-45(48)50-49(52)38-24-22-36(23-25-38)34-18-20-35(21-19-34)37-26-30-41(31-27-37)53-42-32-28-40(29-33-42)51-46-15-7-4-12-43(46)44-13-5-8-16-47(44)51/h1-18,20,22-33H,19,21H2. The summed E-state index contributed by atoms with van der Waals surface area (Å²) >= 11 is 0. The first kappa shape index (κ1) is 30.9. The van der Waals surface area contributed by atoms with Crippen LogP contribution in [0.1, 0.15) is 24.0 Å². The van der Waals surface area contributed by atoms with Crippen LogP contribution < -0.4 is 4.74 Å². The van der Waals surface area contributed by atoms with Gasteiger partial charge in [0, 0.05) is 27.7 Å². The summed E-state index contributed by atoms with van der Waals surface area (Å²) in [6.07, 6.45) is 6.52. The first-order chi connectivity index (χ1) is 26.3. The van der Waals surface area contributed by atoms with E-state index in [0.717, 1.165) is 58.1 Å². The molecule has 0 spiro atoms. The highest BCUT2D eigenvalue weighted by Crippen LogP contribution is 2.36. The van der Waals surface area contributed by atoms with Crippen molar-refractivity contribution in [2.45, 2.75) is 12.8 Å². The molecule has 0 saturated heterocycles. The normalized spacial score (nSPS) is 13.0. The van der Waals surface area contributed by atoms with E-state index in [4.69, 9.17) is 9.72 Å². The molecule has 0 bridgehead atoms. The number of ether oxygens (including phenoxy) is 1. The van der Waals surface area contributed by atoms with Crippen molar-refractivity contribution in [3.63, 3.8) is 0 Å². The molecule has 0 atom stereocenters. The minimum Gasteiger partial charge on any atom is -0.457 e. The van der Waals surface area contributed by atoms with Gasteiger partial charge in [0.25, 0.3) is 0 Å². The number of benzene rings is 7. The third-order valence-electron chi connectivity index (χ3n) is 10.4. The Bertz CT molecular complexity index is 2770. The van der Waals surface area contributed by atoms with Crippen LogP contribution in [-0.2, 0) is 0 Å². The summed E-state index contributed by atoms with van der Waals surface area (Å²) in [4.78, 5) is 5.03. The zero-order valence-electron chi connectivity index (χ0n) is 29.1. The molecule has 0 fully saturated rings. The van der Waals surface area contributed by atoms with Crippen molar-refractivity contribution in [2.75, 3.05) is 0 Å². The van der Waals surface area contributed by atoms with E-state index in [1.165, 1.54) is 44.1 Å². The zero-order valence-corrected chi connectivity index (χ0v) is 29.1. The highest BCUT2D eigenvalue weighted by molar-refractivity contribution is 6.09. The fourth-order valence-corrected chi connectivity index (χ4v) is 7.75. The molecule has 0 amide bonds. The smallest absolute Gasteiger partial charge is 0.145 e. The second-order valence-corrected chi connectivity index (χ2v) is 13.5. The fraction of sp³-hybridized carbons (Fsp3) is 0.0408. The Kier molecular flexibility index (Phi) is 7.58. The maximum atomic E-state index is 6.29. The molecular weight excluding hydrogens is 647 g/mol. The van der Waals surface area contributed by atoms with Crippen molar-refractivity contribution >= 4 is 44.0 Å². The van der Waals surface area contributed by atoms with Crippen LogP contribution in [0.3, 0.4) is 0 Å². The highest BCUT2D eigenvalue weighted by Gasteiger charge is 2.16. The lowest BCUT2D eigenvalue weighted by Gasteiger charge is -2.16. The Morgan fingerprint density at radius 3 is 1.47 bits per heavy atom. The number of hydrogen-bond acceptors (Lipinski definition) is 2. The lowest BCUT2D eigenvalue weighted by atomic mass is 9.90. The van der Waals surface area contributed by atoms with Gasteiger partial charge in [0.05, 0.1) is 22.1 Å². The molecule has 10 rings (SSSR count). The summed E-state index contributed by atoms with van der Waals surface area (Å²) in [5, 5.41) is 2.52. The molecule has 4 heteroatoms. The van der Waals surface area contributed by atoms with E-state index < -0.39 is 0 Å². The highest BCUT2D eigenvalue weighted by atomic mass is 16.5. The van der Waals surface area contributed by atoms with E-state index in [-0.39, 0.29) is 0 Å². The summed E-state index contributed by atoms with van der Waals surface area (Å²) in [5.41, 5.74) is 13.0. The molecule has 252 valence electrons. The predicted octanol–water partition coefficient (Wildman–Crippen LogP) is 12.8. The Labute approximate surface area is 308 Å². The number of fused-ring (bicyclic) bond motifs is 4. The Balaban J connectivity index is 0.845. The lowest BCUT2D eigenvalue weighted by Crippen LogP contribution is -1.98. The van der Waals surface area contributed by atoms with Gasteiger partial charge in [0.2, 0.25) is 0 Å². The van der Waals surface area contributed by atoms with Crippen LogP contribution in [0.4, 0.5) is 0 Å². The number of aromatic nitrogens is 3. The molecule has 7 aromatic carbocycles. The van der Waals surface area contributed by atoms with E-state index in [9.17, 15) is 0 Å². The van der Waals surface area contributed by atoms with Crippen molar-refractivity contribution in [2.24, 2.45) is 0 Å². The van der Waals surface area contributed by atoms with Gasteiger partial charge in [0.1, 0.15) is 17.3 Å². The molecule has 4 nitrogen and oxygen atoms in total. The van der Waals surface area contributed by atoms with E-state index in [0.29, 0.717) is 0 Å². The quantitative estimate of drug-likeness (QED) is 0.168. The predicted molar refractivity (Wildman–Crippen MR) is 219 cm³/mol. The molecule has 1 aliphatic rings. The van der Waals surface area contributed by atoms with E-state index in [1.807, 2.05) is 12.1 Å². The van der Waals surface area contributed by atoms with Gasteiger partial charge in [-0.1, -0.05) is 115 Å². The number of para-hydroxylation sites is 5. The van der Waals surface area contributed by atoms with Crippen LogP contribution in [0.5, 0.6) is 11.5 Å². The molecule has 0 aliphatic heterocycles. The van der Waals surface area contributed by atoms with Gasteiger partial charge >= 0.3 is 0 Å². The molecule has 9 aromatic rings. The Morgan fingerprint density at radius 2 is 0.868 bits per heavy atom. The summed E-state index contributed by atoms with van der Waals surface area (Å²) in [7, 11) is 0. The minimum absolute atomic E-state index is 0.815. The van der Waals surface area contributed by atoms with Crippen LogP contribution in [-0.4, -0.2) is 14.1 Å². The first-order valence-electron chi connectivity index (χ1n) is 18.2. The molecule has 0 radical (unpaired) electrons. The summed E-state index contributed by atoms with van der Waals surface area (Å²) in [6, 6.07) is 61.7. The number of allylic oxidation sites excluding steroid dienone is 4. The van der Waals surface area contributed by atoms with Crippen molar-refractivity contribution in [1.29, 1.82) is 0 Å². The van der Waals surface area contributed by atoms with Crippen molar-refractivity contribution in [3.05, 3.63) is 199 Å². The van der Waals surface area contributed by atoms with Crippen LogP contribution in [0.15, 0.2) is 188 Å². The largest absolute Gasteiger partial charge is 0.457 e. The summed E-state index contributed by atoms with van der Waals surface area (Å²) in [5.74, 6) is 2.59. The van der Waals surface area contributed by atoms with E-state index in [1.54, 1.807) is 0 Å². The van der Waals surface area contributed by atoms with Crippen molar-refractivity contribution < 1.29 is 4.74 Å². The van der Waals surface area contributed by atoms with Crippen LogP contribution in [0.2, 0.25) is 0 Å². The number of rotatable bonds is 7. The maximum absolute atomic E-state index is 6.29. The third kappa shape index (κ3) is 5.62. The Hall–Kier alpha value is -6.91. The van der Waals surface area contributed by atoms with Gasteiger partial charge in [-0.25, -0.2) is 4.98 Å². The summed E-state index contributed by atoms with van der Waals surface area (Å²) in [6.45, 7) is 0. The minimum atomic E-state index is 0.815. The fourth-order valence-electron chi connectivity index (χ4n) is 7.75. The topological polar surface area (TPSA) is 32.0 Å². The number of imidazole rings is 1. The molecule has 53 heavy (non-hydrogen) atoms. The van der Waals surface area contributed by atoms with Gasteiger partial charge in [-0.3, -0.25) is 4.57 Å². The molecule has 2 heterocycles. The van der Waals surface area contributed by atoms with Gasteiger partial charge in [-0.15, -0.1) is 0 Å². The lowest BCUT2D eigenvalue weighted by molar-refractivity contribution is 0.482. The second-order valence-electron chi connectivity index (χ2n) is 13.5. The molecule has 0 unspecified atom stereocenters. The number of hydrogen-bond donors (Lipinski definition) is 0. The van der Waals surface area contributed by atoms with Crippen molar-refractivity contribution in [3.8, 4) is 34.3 Å². The molecule has 1 aliphatic carbocycles. The average Bonchev–Trinajstić information content (AvgIpc) is 3.79. The number of nitrogens with zero attached hydrogens (tertiary/aromatic N) is 3. The van der Waals surface area contributed by atoms with Gasteiger partial charge in [0.15, 0.2) is 0 Å². The van der Waals surface area contributed by atoms with Crippen LogP contribution in [0, 0.1) is 0 Å². The third-order valence-corrected chi connectivity index (χ3v) is 10.4. The second kappa shape index (κ2) is 13.0. The SMILES string of the molecule is C1=C(c2ccc(Oc3ccc(-n4c5ccccc5c5ccccc54)cc3)cc2)CCC(c2ccc(-c3nc4ccccc4n3-c3ccccc3)cc2)=C1.